The first kappa shape index (κ1) is 11.6. The summed E-state index contributed by atoms with van der Waals surface area (Å²) in [5, 5.41) is 5.81. The molecule has 1 aliphatic rings. The summed E-state index contributed by atoms with van der Waals surface area (Å²) in [4.78, 5) is 21.7. The summed E-state index contributed by atoms with van der Waals surface area (Å²) in [5.41, 5.74) is 0. The maximum absolute atomic E-state index is 11.6. The molecule has 0 spiro atoms. The highest BCUT2D eigenvalue weighted by molar-refractivity contribution is 5.81. The van der Waals surface area contributed by atoms with Gasteiger partial charge in [-0.15, -0.1) is 0 Å². The lowest BCUT2D eigenvalue weighted by Gasteiger charge is -2.17. The van der Waals surface area contributed by atoms with Crippen LogP contribution in [0.1, 0.15) is 12.8 Å². The first-order valence-corrected chi connectivity index (χ1v) is 5.70. The van der Waals surface area contributed by atoms with Crippen LogP contribution < -0.4 is 15.5 Å². The van der Waals surface area contributed by atoms with Gasteiger partial charge in [0.25, 0.3) is 0 Å². The molecule has 6 heteroatoms. The fraction of sp³-hybridized carbons (Fsp3) is 0.545. The summed E-state index contributed by atoms with van der Waals surface area (Å²) < 4.78 is 0. The van der Waals surface area contributed by atoms with Gasteiger partial charge in [-0.25, -0.2) is 4.98 Å². The average molecular weight is 235 g/mol. The van der Waals surface area contributed by atoms with Crippen LogP contribution in [0.25, 0.3) is 0 Å². The predicted octanol–water partition coefficient (Wildman–Crippen LogP) is 0.233. The molecular weight excluding hydrogens is 218 g/mol. The van der Waals surface area contributed by atoms with E-state index in [2.05, 4.69) is 20.6 Å². The third-order valence-electron chi connectivity index (χ3n) is 2.58. The van der Waals surface area contributed by atoms with Crippen molar-refractivity contribution in [1.29, 1.82) is 0 Å². The van der Waals surface area contributed by atoms with Crippen molar-refractivity contribution in [3.63, 3.8) is 0 Å². The molecule has 0 atom stereocenters. The van der Waals surface area contributed by atoms with Crippen LogP contribution >= 0.6 is 0 Å². The van der Waals surface area contributed by atoms with Crippen LogP contribution in [0.15, 0.2) is 12.3 Å². The van der Waals surface area contributed by atoms with E-state index in [0.717, 1.165) is 18.7 Å². The van der Waals surface area contributed by atoms with E-state index in [1.165, 1.54) is 0 Å². The molecule has 17 heavy (non-hydrogen) atoms. The van der Waals surface area contributed by atoms with Gasteiger partial charge in [0, 0.05) is 26.3 Å². The van der Waals surface area contributed by atoms with E-state index in [0.29, 0.717) is 18.5 Å². The monoisotopic (exact) mass is 235 g/mol. The normalized spacial score (nSPS) is 14.2. The van der Waals surface area contributed by atoms with E-state index < -0.39 is 0 Å². The van der Waals surface area contributed by atoms with Crippen molar-refractivity contribution in [2.24, 2.45) is 0 Å². The number of rotatable bonds is 5. The SMILES string of the molecule is CNc1nccc(N(C)CC(=O)NC2CC2)n1. The van der Waals surface area contributed by atoms with Gasteiger partial charge >= 0.3 is 0 Å². The van der Waals surface area contributed by atoms with Gasteiger partial charge in [-0.05, 0) is 18.9 Å². The lowest BCUT2D eigenvalue weighted by atomic mass is 10.4. The summed E-state index contributed by atoms with van der Waals surface area (Å²) in [6.07, 6.45) is 3.88. The maximum Gasteiger partial charge on any atom is 0.239 e. The zero-order chi connectivity index (χ0) is 12.3. The van der Waals surface area contributed by atoms with Crippen molar-refractivity contribution in [3.8, 4) is 0 Å². The fourth-order valence-corrected chi connectivity index (χ4v) is 1.48. The molecule has 0 aromatic carbocycles. The van der Waals surface area contributed by atoms with Crippen LogP contribution in [0.5, 0.6) is 0 Å². The number of aromatic nitrogens is 2. The number of anilines is 2. The minimum Gasteiger partial charge on any atom is -0.357 e. The lowest BCUT2D eigenvalue weighted by molar-refractivity contribution is -0.119. The summed E-state index contributed by atoms with van der Waals surface area (Å²) in [7, 11) is 3.60. The van der Waals surface area contributed by atoms with Crippen LogP contribution in [0, 0.1) is 0 Å². The van der Waals surface area contributed by atoms with Gasteiger partial charge in [0.05, 0.1) is 6.54 Å². The smallest absolute Gasteiger partial charge is 0.239 e. The molecular formula is C11H17N5O. The maximum atomic E-state index is 11.6. The molecule has 1 aromatic rings. The summed E-state index contributed by atoms with van der Waals surface area (Å²) in [5.74, 6) is 1.33. The third-order valence-corrected chi connectivity index (χ3v) is 2.58. The van der Waals surface area contributed by atoms with Crippen molar-refractivity contribution < 1.29 is 4.79 Å². The van der Waals surface area contributed by atoms with Crippen molar-refractivity contribution in [1.82, 2.24) is 15.3 Å². The molecule has 2 rings (SSSR count). The minimum atomic E-state index is 0.0413. The van der Waals surface area contributed by atoms with Gasteiger partial charge in [-0.1, -0.05) is 0 Å². The number of likely N-dealkylation sites (N-methyl/N-ethyl adjacent to an activating group) is 1. The highest BCUT2D eigenvalue weighted by Gasteiger charge is 2.23. The van der Waals surface area contributed by atoms with Crippen LogP contribution in [0.3, 0.4) is 0 Å². The Morgan fingerprint density at radius 3 is 3.00 bits per heavy atom. The number of nitrogens with zero attached hydrogens (tertiary/aromatic N) is 3. The standard InChI is InChI=1S/C11H17N5O/c1-12-11-13-6-5-9(15-11)16(2)7-10(17)14-8-3-4-8/h5-6,8H,3-4,7H2,1-2H3,(H,14,17)(H,12,13,15). The van der Waals surface area contributed by atoms with Gasteiger partial charge in [-0.2, -0.15) is 4.98 Å². The molecule has 0 bridgehead atoms. The number of nitrogens with one attached hydrogen (secondary N) is 2. The second-order valence-corrected chi connectivity index (χ2v) is 4.19. The van der Waals surface area contributed by atoms with E-state index in [1.54, 1.807) is 24.2 Å². The molecule has 1 amide bonds. The molecule has 0 aliphatic heterocycles. The first-order valence-electron chi connectivity index (χ1n) is 5.70. The second kappa shape index (κ2) is 4.99. The van der Waals surface area contributed by atoms with Crippen molar-refractivity contribution in [2.45, 2.75) is 18.9 Å². The molecule has 1 aliphatic carbocycles. The summed E-state index contributed by atoms with van der Waals surface area (Å²) >= 11 is 0. The number of hydrogen-bond donors (Lipinski definition) is 2. The Morgan fingerprint density at radius 1 is 1.59 bits per heavy atom. The van der Waals surface area contributed by atoms with Crippen LogP contribution in [0.2, 0.25) is 0 Å². The van der Waals surface area contributed by atoms with E-state index in [1.807, 2.05) is 7.05 Å². The van der Waals surface area contributed by atoms with Gasteiger partial charge in [0.2, 0.25) is 11.9 Å². The molecule has 0 saturated heterocycles. The lowest BCUT2D eigenvalue weighted by Crippen LogP contribution is -2.36. The Morgan fingerprint density at radius 2 is 2.35 bits per heavy atom. The zero-order valence-corrected chi connectivity index (χ0v) is 10.1. The Bertz CT molecular complexity index is 405. The highest BCUT2D eigenvalue weighted by Crippen LogP contribution is 2.18. The molecule has 1 saturated carbocycles. The molecule has 1 aromatic heterocycles. The molecule has 6 nitrogen and oxygen atoms in total. The minimum absolute atomic E-state index is 0.0413. The van der Waals surface area contributed by atoms with E-state index in [9.17, 15) is 4.79 Å². The summed E-state index contributed by atoms with van der Waals surface area (Å²) in [6.45, 7) is 0.316. The van der Waals surface area contributed by atoms with Gasteiger partial charge in [-0.3, -0.25) is 4.79 Å². The topological polar surface area (TPSA) is 70.2 Å². The number of amides is 1. The van der Waals surface area contributed by atoms with Gasteiger partial charge < -0.3 is 15.5 Å². The first-order chi connectivity index (χ1) is 8.19. The number of hydrogen-bond acceptors (Lipinski definition) is 5. The Balaban J connectivity index is 1.92. The number of carbonyl (C=O) groups excluding carboxylic acids is 1. The Labute approximate surface area is 100 Å². The largest absolute Gasteiger partial charge is 0.357 e. The van der Waals surface area contributed by atoms with Gasteiger partial charge in [0.1, 0.15) is 5.82 Å². The number of carbonyl (C=O) groups is 1. The molecule has 92 valence electrons. The highest BCUT2D eigenvalue weighted by atomic mass is 16.2. The Hall–Kier alpha value is -1.85. The van der Waals surface area contributed by atoms with Crippen molar-refractivity contribution >= 4 is 17.7 Å². The van der Waals surface area contributed by atoms with E-state index in [4.69, 9.17) is 0 Å². The zero-order valence-electron chi connectivity index (χ0n) is 10.1. The van der Waals surface area contributed by atoms with E-state index >= 15 is 0 Å². The van der Waals surface area contributed by atoms with Crippen LogP contribution in [-0.4, -0.2) is 42.6 Å². The molecule has 0 radical (unpaired) electrons. The summed E-state index contributed by atoms with van der Waals surface area (Å²) in [6, 6.07) is 2.18. The predicted molar refractivity (Wildman–Crippen MR) is 66.0 cm³/mol. The molecule has 1 heterocycles. The molecule has 1 fully saturated rings. The third kappa shape index (κ3) is 3.30. The fourth-order valence-electron chi connectivity index (χ4n) is 1.48. The van der Waals surface area contributed by atoms with Crippen LogP contribution in [-0.2, 0) is 4.79 Å². The Kier molecular flexibility index (Phi) is 3.41. The molecule has 0 unspecified atom stereocenters. The van der Waals surface area contributed by atoms with Gasteiger partial charge in [0.15, 0.2) is 0 Å². The quantitative estimate of drug-likeness (QED) is 0.764. The average Bonchev–Trinajstić information content (AvgIpc) is 3.12. The van der Waals surface area contributed by atoms with Crippen molar-refractivity contribution in [3.05, 3.63) is 12.3 Å². The van der Waals surface area contributed by atoms with E-state index in [-0.39, 0.29) is 5.91 Å². The second-order valence-electron chi connectivity index (χ2n) is 4.19. The molecule has 2 N–H and O–H groups in total. The van der Waals surface area contributed by atoms with Crippen molar-refractivity contribution in [2.75, 3.05) is 30.9 Å². The van der Waals surface area contributed by atoms with Crippen LogP contribution in [0.4, 0.5) is 11.8 Å².